The highest BCUT2D eigenvalue weighted by Gasteiger charge is 2.57. The van der Waals surface area contributed by atoms with Crippen molar-refractivity contribution in [2.45, 2.75) is 49.8 Å². The molecule has 0 unspecified atom stereocenters. The maximum Gasteiger partial charge on any atom is 0.319 e. The summed E-state index contributed by atoms with van der Waals surface area (Å²) >= 11 is 1.84. The van der Waals surface area contributed by atoms with Gasteiger partial charge in [0.1, 0.15) is 5.41 Å². The van der Waals surface area contributed by atoms with E-state index < -0.39 is 11.4 Å². The molecule has 0 heterocycles. The van der Waals surface area contributed by atoms with E-state index in [2.05, 4.69) is 11.6 Å². The summed E-state index contributed by atoms with van der Waals surface area (Å²) < 4.78 is 0. The first kappa shape index (κ1) is 12.7. The molecule has 0 aromatic carbocycles. The van der Waals surface area contributed by atoms with Crippen LogP contribution < -0.4 is 5.32 Å². The lowest BCUT2D eigenvalue weighted by Crippen LogP contribution is -2.45. The number of amides is 1. The van der Waals surface area contributed by atoms with E-state index in [1.807, 2.05) is 11.8 Å². The molecule has 0 aromatic heterocycles. The van der Waals surface area contributed by atoms with Gasteiger partial charge in [0.25, 0.3) is 0 Å². The SMILES string of the molecule is CS[C@H]1CCC[C@@H](NC(=O)C2(C(=O)O)CC2)C1. The lowest BCUT2D eigenvalue weighted by molar-refractivity contribution is -0.149. The van der Waals surface area contributed by atoms with Gasteiger partial charge >= 0.3 is 5.97 Å². The summed E-state index contributed by atoms with van der Waals surface area (Å²) in [5, 5.41) is 12.6. The van der Waals surface area contributed by atoms with Crippen molar-refractivity contribution in [1.82, 2.24) is 5.32 Å². The minimum Gasteiger partial charge on any atom is -0.480 e. The van der Waals surface area contributed by atoms with Crippen LogP contribution in [0, 0.1) is 5.41 Å². The fraction of sp³-hybridized carbons (Fsp3) is 0.833. The zero-order valence-electron chi connectivity index (χ0n) is 10.1. The second kappa shape index (κ2) is 4.88. The molecule has 2 atom stereocenters. The molecule has 5 heteroatoms. The van der Waals surface area contributed by atoms with Crippen LogP contribution in [0.2, 0.25) is 0 Å². The van der Waals surface area contributed by atoms with Crippen molar-refractivity contribution in [1.29, 1.82) is 0 Å². The van der Waals surface area contributed by atoms with Crippen molar-refractivity contribution in [3.8, 4) is 0 Å². The Bertz CT molecular complexity index is 328. The molecule has 96 valence electrons. The molecular weight excluding hydrogens is 238 g/mol. The number of carboxylic acids is 1. The quantitative estimate of drug-likeness (QED) is 0.751. The van der Waals surface area contributed by atoms with E-state index in [-0.39, 0.29) is 11.9 Å². The van der Waals surface area contributed by atoms with Gasteiger partial charge in [-0.2, -0.15) is 11.8 Å². The van der Waals surface area contributed by atoms with Crippen LogP contribution in [0.1, 0.15) is 38.5 Å². The maximum atomic E-state index is 11.9. The molecule has 1 amide bonds. The summed E-state index contributed by atoms with van der Waals surface area (Å²) in [4.78, 5) is 23.0. The zero-order chi connectivity index (χ0) is 12.5. The van der Waals surface area contributed by atoms with Crippen LogP contribution in [0.15, 0.2) is 0 Å². The predicted molar refractivity (Wildman–Crippen MR) is 67.0 cm³/mol. The number of hydrogen-bond acceptors (Lipinski definition) is 3. The Kier molecular flexibility index (Phi) is 3.66. The number of aliphatic carboxylic acids is 1. The third kappa shape index (κ3) is 2.59. The molecular formula is C12H19NO3S. The number of carboxylic acid groups (broad SMARTS) is 1. The fourth-order valence-electron chi connectivity index (χ4n) is 2.48. The first-order valence-electron chi connectivity index (χ1n) is 6.15. The van der Waals surface area contributed by atoms with Crippen molar-refractivity contribution >= 4 is 23.6 Å². The van der Waals surface area contributed by atoms with Gasteiger partial charge in [-0.15, -0.1) is 0 Å². The number of thioether (sulfide) groups is 1. The average Bonchev–Trinajstić information content (AvgIpc) is 3.10. The standard InChI is InChI=1S/C12H19NO3S/c1-17-9-4-2-3-8(7-9)13-10(14)12(5-6-12)11(15)16/h8-9H,2-7H2,1H3,(H,13,14)(H,15,16)/t8-,9+/m1/s1. The third-order valence-corrected chi connectivity index (χ3v) is 4.98. The lowest BCUT2D eigenvalue weighted by Gasteiger charge is -2.29. The Labute approximate surface area is 106 Å². The van der Waals surface area contributed by atoms with Gasteiger partial charge in [0.05, 0.1) is 0 Å². The monoisotopic (exact) mass is 257 g/mol. The average molecular weight is 257 g/mol. The molecule has 0 saturated heterocycles. The van der Waals surface area contributed by atoms with Crippen molar-refractivity contribution in [3.63, 3.8) is 0 Å². The molecule has 0 radical (unpaired) electrons. The smallest absolute Gasteiger partial charge is 0.319 e. The van der Waals surface area contributed by atoms with Crippen molar-refractivity contribution < 1.29 is 14.7 Å². The molecule has 2 aliphatic carbocycles. The first-order chi connectivity index (χ1) is 8.08. The molecule has 4 nitrogen and oxygen atoms in total. The fourth-order valence-corrected chi connectivity index (χ4v) is 3.30. The van der Waals surface area contributed by atoms with Crippen molar-refractivity contribution in [3.05, 3.63) is 0 Å². The van der Waals surface area contributed by atoms with Crippen LogP contribution in [0.3, 0.4) is 0 Å². The summed E-state index contributed by atoms with van der Waals surface area (Å²) in [6, 6.07) is 0.172. The minimum atomic E-state index is -1.09. The summed E-state index contributed by atoms with van der Waals surface area (Å²) in [5.74, 6) is -1.23. The molecule has 0 aliphatic heterocycles. The van der Waals surface area contributed by atoms with Gasteiger partial charge in [-0.05, 0) is 38.4 Å². The van der Waals surface area contributed by atoms with E-state index in [9.17, 15) is 9.59 Å². The molecule has 2 fully saturated rings. The second-order valence-corrected chi connectivity index (χ2v) is 6.22. The molecule has 2 N–H and O–H groups in total. The van der Waals surface area contributed by atoms with E-state index in [1.54, 1.807) is 0 Å². The van der Waals surface area contributed by atoms with Crippen LogP contribution in [0.5, 0.6) is 0 Å². The van der Waals surface area contributed by atoms with Gasteiger partial charge in [0, 0.05) is 11.3 Å². The third-order valence-electron chi connectivity index (χ3n) is 3.89. The zero-order valence-corrected chi connectivity index (χ0v) is 10.9. The predicted octanol–water partition coefficient (Wildman–Crippen LogP) is 1.64. The van der Waals surface area contributed by atoms with Gasteiger partial charge in [0.2, 0.25) is 5.91 Å². The van der Waals surface area contributed by atoms with Gasteiger partial charge in [-0.25, -0.2) is 0 Å². The largest absolute Gasteiger partial charge is 0.480 e. The van der Waals surface area contributed by atoms with Crippen LogP contribution in [-0.2, 0) is 9.59 Å². The summed E-state index contributed by atoms with van der Waals surface area (Å²) in [6.07, 6.45) is 7.36. The van der Waals surface area contributed by atoms with E-state index in [0.717, 1.165) is 19.3 Å². The van der Waals surface area contributed by atoms with E-state index in [0.29, 0.717) is 18.1 Å². The van der Waals surface area contributed by atoms with E-state index in [4.69, 9.17) is 5.11 Å². The van der Waals surface area contributed by atoms with E-state index >= 15 is 0 Å². The summed E-state index contributed by atoms with van der Waals surface area (Å²) in [5.41, 5.74) is -1.09. The number of carbonyl (C=O) groups is 2. The maximum absolute atomic E-state index is 11.9. The number of nitrogens with one attached hydrogen (secondary N) is 1. The normalized spacial score (nSPS) is 30.6. The van der Waals surface area contributed by atoms with Gasteiger partial charge in [-0.3, -0.25) is 9.59 Å². The highest BCUT2D eigenvalue weighted by molar-refractivity contribution is 7.99. The van der Waals surface area contributed by atoms with Crippen LogP contribution in [-0.4, -0.2) is 34.5 Å². The van der Waals surface area contributed by atoms with Crippen molar-refractivity contribution in [2.24, 2.45) is 5.41 Å². The first-order valence-corrected chi connectivity index (χ1v) is 7.44. The Balaban J connectivity index is 1.89. The lowest BCUT2D eigenvalue weighted by atomic mass is 9.94. The minimum absolute atomic E-state index is 0.172. The van der Waals surface area contributed by atoms with Crippen LogP contribution in [0.25, 0.3) is 0 Å². The Morgan fingerprint density at radius 2 is 2.06 bits per heavy atom. The van der Waals surface area contributed by atoms with Crippen molar-refractivity contribution in [2.75, 3.05) is 6.26 Å². The number of carbonyl (C=O) groups excluding carboxylic acids is 1. The summed E-state index contributed by atoms with van der Waals surface area (Å²) in [6.45, 7) is 0. The molecule has 0 spiro atoms. The summed E-state index contributed by atoms with van der Waals surface area (Å²) in [7, 11) is 0. The molecule has 2 saturated carbocycles. The number of rotatable bonds is 4. The number of hydrogen-bond donors (Lipinski definition) is 2. The molecule has 0 bridgehead atoms. The molecule has 2 aliphatic rings. The van der Waals surface area contributed by atoms with Crippen LogP contribution in [0.4, 0.5) is 0 Å². The Morgan fingerprint density at radius 1 is 1.35 bits per heavy atom. The Hall–Kier alpha value is -0.710. The highest BCUT2D eigenvalue weighted by atomic mass is 32.2. The molecule has 17 heavy (non-hydrogen) atoms. The van der Waals surface area contributed by atoms with E-state index in [1.165, 1.54) is 6.42 Å². The second-order valence-electron chi connectivity index (χ2n) is 5.08. The topological polar surface area (TPSA) is 66.4 Å². The van der Waals surface area contributed by atoms with Gasteiger partial charge in [-0.1, -0.05) is 6.42 Å². The van der Waals surface area contributed by atoms with Gasteiger partial charge in [0.15, 0.2) is 0 Å². The molecule has 2 rings (SSSR count). The Morgan fingerprint density at radius 3 is 2.59 bits per heavy atom. The highest BCUT2D eigenvalue weighted by Crippen LogP contribution is 2.46. The van der Waals surface area contributed by atoms with Gasteiger partial charge < -0.3 is 10.4 Å². The molecule has 0 aromatic rings. The van der Waals surface area contributed by atoms with Crippen LogP contribution >= 0.6 is 11.8 Å².